The van der Waals surface area contributed by atoms with E-state index < -0.39 is 0 Å². The molecule has 0 aromatic carbocycles. The standard InChI is InChI=1S/C15H27NO3/c1-5-19-13(17)10-16-14(18)12-9-15(3,4)8-6-7-11(12)2/h11-12H,5-10H2,1-4H3,(H,16,18). The highest BCUT2D eigenvalue weighted by molar-refractivity contribution is 5.83. The molecule has 0 aliphatic heterocycles. The fraction of sp³-hybridized carbons (Fsp3) is 0.867. The van der Waals surface area contributed by atoms with Gasteiger partial charge in [-0.25, -0.2) is 0 Å². The predicted molar refractivity (Wildman–Crippen MR) is 74.5 cm³/mol. The maximum atomic E-state index is 12.2. The molecule has 19 heavy (non-hydrogen) atoms. The molecule has 0 heterocycles. The summed E-state index contributed by atoms with van der Waals surface area (Å²) >= 11 is 0. The lowest BCUT2D eigenvalue weighted by atomic mass is 9.79. The normalized spacial score (nSPS) is 26.3. The highest BCUT2D eigenvalue weighted by Crippen LogP contribution is 2.39. The third kappa shape index (κ3) is 5.21. The Morgan fingerprint density at radius 2 is 2.05 bits per heavy atom. The molecule has 1 aliphatic carbocycles. The molecule has 2 unspecified atom stereocenters. The fourth-order valence-corrected chi connectivity index (χ4v) is 2.86. The first-order valence-corrected chi connectivity index (χ1v) is 7.29. The van der Waals surface area contributed by atoms with E-state index in [0.29, 0.717) is 12.5 Å². The Labute approximate surface area is 116 Å². The number of hydrogen-bond acceptors (Lipinski definition) is 3. The number of nitrogens with one attached hydrogen (secondary N) is 1. The van der Waals surface area contributed by atoms with E-state index in [0.717, 1.165) is 12.8 Å². The minimum Gasteiger partial charge on any atom is -0.465 e. The Morgan fingerprint density at radius 3 is 2.68 bits per heavy atom. The van der Waals surface area contributed by atoms with Crippen LogP contribution in [0.2, 0.25) is 0 Å². The molecule has 0 spiro atoms. The molecule has 1 saturated carbocycles. The van der Waals surface area contributed by atoms with Crippen LogP contribution in [-0.4, -0.2) is 25.0 Å². The van der Waals surface area contributed by atoms with Crippen molar-refractivity contribution in [2.45, 2.75) is 53.4 Å². The van der Waals surface area contributed by atoms with Crippen LogP contribution in [0, 0.1) is 17.3 Å². The molecule has 0 aromatic heterocycles. The quantitative estimate of drug-likeness (QED) is 0.630. The van der Waals surface area contributed by atoms with Gasteiger partial charge in [0, 0.05) is 5.92 Å². The topological polar surface area (TPSA) is 55.4 Å². The van der Waals surface area contributed by atoms with E-state index in [9.17, 15) is 9.59 Å². The Hall–Kier alpha value is -1.06. The molecule has 1 rings (SSSR count). The highest BCUT2D eigenvalue weighted by Gasteiger charge is 2.34. The zero-order chi connectivity index (χ0) is 14.5. The molecule has 110 valence electrons. The molecule has 1 amide bonds. The molecular weight excluding hydrogens is 242 g/mol. The number of carbonyl (C=O) groups excluding carboxylic acids is 2. The molecule has 1 N–H and O–H groups in total. The maximum absolute atomic E-state index is 12.2. The van der Waals surface area contributed by atoms with Gasteiger partial charge in [-0.1, -0.05) is 27.2 Å². The smallest absolute Gasteiger partial charge is 0.325 e. The van der Waals surface area contributed by atoms with Gasteiger partial charge in [-0.2, -0.15) is 0 Å². The number of carbonyl (C=O) groups is 2. The zero-order valence-electron chi connectivity index (χ0n) is 12.6. The van der Waals surface area contributed by atoms with Crippen molar-refractivity contribution < 1.29 is 14.3 Å². The minimum atomic E-state index is -0.364. The summed E-state index contributed by atoms with van der Waals surface area (Å²) in [5.74, 6) is 0.0165. The minimum absolute atomic E-state index is 0.00414. The average Bonchev–Trinajstić information content (AvgIpc) is 2.45. The highest BCUT2D eigenvalue weighted by atomic mass is 16.5. The summed E-state index contributed by atoms with van der Waals surface area (Å²) in [6, 6.07) is 0. The molecule has 0 radical (unpaired) electrons. The second-order valence-corrected chi connectivity index (χ2v) is 6.37. The number of hydrogen-bond donors (Lipinski definition) is 1. The molecule has 0 bridgehead atoms. The molecule has 0 saturated heterocycles. The van der Waals surface area contributed by atoms with Crippen LogP contribution in [0.3, 0.4) is 0 Å². The van der Waals surface area contributed by atoms with Crippen molar-refractivity contribution in [3.05, 3.63) is 0 Å². The maximum Gasteiger partial charge on any atom is 0.325 e. The van der Waals surface area contributed by atoms with Crippen LogP contribution in [0.4, 0.5) is 0 Å². The van der Waals surface area contributed by atoms with Gasteiger partial charge in [0.1, 0.15) is 6.54 Å². The van der Waals surface area contributed by atoms with Crippen molar-refractivity contribution >= 4 is 11.9 Å². The second-order valence-electron chi connectivity index (χ2n) is 6.37. The Morgan fingerprint density at radius 1 is 1.37 bits per heavy atom. The van der Waals surface area contributed by atoms with Gasteiger partial charge in [-0.15, -0.1) is 0 Å². The van der Waals surface area contributed by atoms with Crippen molar-refractivity contribution in [2.75, 3.05) is 13.2 Å². The Kier molecular flexibility index (Phi) is 5.83. The molecule has 0 aromatic rings. The van der Waals surface area contributed by atoms with Crippen LogP contribution in [0.25, 0.3) is 0 Å². The third-order valence-corrected chi connectivity index (χ3v) is 4.02. The van der Waals surface area contributed by atoms with E-state index in [2.05, 4.69) is 26.1 Å². The van der Waals surface area contributed by atoms with Gasteiger partial charge in [-0.05, 0) is 37.5 Å². The van der Waals surface area contributed by atoms with Crippen LogP contribution in [0.1, 0.15) is 53.4 Å². The number of rotatable bonds is 4. The Bertz CT molecular complexity index is 325. The number of ether oxygens (including phenoxy) is 1. The second kappa shape index (κ2) is 6.92. The van der Waals surface area contributed by atoms with Gasteiger partial charge >= 0.3 is 5.97 Å². The van der Waals surface area contributed by atoms with E-state index >= 15 is 0 Å². The third-order valence-electron chi connectivity index (χ3n) is 4.02. The van der Waals surface area contributed by atoms with Gasteiger partial charge in [-0.3, -0.25) is 9.59 Å². The van der Waals surface area contributed by atoms with Gasteiger partial charge in [0.05, 0.1) is 6.61 Å². The summed E-state index contributed by atoms with van der Waals surface area (Å²) in [5, 5.41) is 2.72. The SMILES string of the molecule is CCOC(=O)CNC(=O)C1CC(C)(C)CCCC1C. The summed E-state index contributed by atoms with van der Waals surface area (Å²) < 4.78 is 4.82. The zero-order valence-corrected chi connectivity index (χ0v) is 12.6. The average molecular weight is 269 g/mol. The van der Waals surface area contributed by atoms with Crippen molar-refractivity contribution in [1.29, 1.82) is 0 Å². The number of esters is 1. The van der Waals surface area contributed by atoms with Gasteiger partial charge in [0.25, 0.3) is 0 Å². The first-order valence-electron chi connectivity index (χ1n) is 7.29. The molecule has 2 atom stereocenters. The molecule has 1 aliphatic rings. The molecule has 1 fully saturated rings. The van der Waals surface area contributed by atoms with Crippen LogP contribution in [0.5, 0.6) is 0 Å². The summed E-state index contributed by atoms with van der Waals surface area (Å²) in [4.78, 5) is 23.5. The summed E-state index contributed by atoms with van der Waals surface area (Å²) in [6.07, 6.45) is 4.32. The van der Waals surface area contributed by atoms with Crippen molar-refractivity contribution in [1.82, 2.24) is 5.32 Å². The van der Waals surface area contributed by atoms with E-state index in [1.54, 1.807) is 6.92 Å². The van der Waals surface area contributed by atoms with Crippen LogP contribution in [-0.2, 0) is 14.3 Å². The lowest BCUT2D eigenvalue weighted by molar-refractivity contribution is -0.144. The summed E-state index contributed by atoms with van der Waals surface area (Å²) in [6.45, 7) is 8.66. The van der Waals surface area contributed by atoms with Crippen LogP contribution >= 0.6 is 0 Å². The van der Waals surface area contributed by atoms with Crippen LogP contribution in [0.15, 0.2) is 0 Å². The van der Waals surface area contributed by atoms with Crippen molar-refractivity contribution in [3.8, 4) is 0 Å². The van der Waals surface area contributed by atoms with Crippen molar-refractivity contribution in [2.24, 2.45) is 17.3 Å². The van der Waals surface area contributed by atoms with Gasteiger partial charge < -0.3 is 10.1 Å². The van der Waals surface area contributed by atoms with Crippen molar-refractivity contribution in [3.63, 3.8) is 0 Å². The largest absolute Gasteiger partial charge is 0.465 e. The van der Waals surface area contributed by atoms with E-state index in [-0.39, 0.29) is 29.8 Å². The summed E-state index contributed by atoms with van der Waals surface area (Å²) in [7, 11) is 0. The van der Waals surface area contributed by atoms with E-state index in [1.807, 2.05) is 0 Å². The van der Waals surface area contributed by atoms with E-state index in [1.165, 1.54) is 12.8 Å². The van der Waals surface area contributed by atoms with E-state index in [4.69, 9.17) is 4.74 Å². The summed E-state index contributed by atoms with van der Waals surface area (Å²) in [5.41, 5.74) is 0.205. The fourth-order valence-electron chi connectivity index (χ4n) is 2.86. The lowest BCUT2D eigenvalue weighted by Crippen LogP contribution is -2.38. The lowest BCUT2D eigenvalue weighted by Gasteiger charge is -2.28. The number of amides is 1. The molecule has 4 nitrogen and oxygen atoms in total. The van der Waals surface area contributed by atoms with Crippen LogP contribution < -0.4 is 5.32 Å². The Balaban J connectivity index is 2.55. The van der Waals surface area contributed by atoms with Gasteiger partial charge in [0.15, 0.2) is 0 Å². The predicted octanol–water partition coefficient (Wildman–Crippen LogP) is 2.52. The molecule has 4 heteroatoms. The monoisotopic (exact) mass is 269 g/mol. The van der Waals surface area contributed by atoms with Gasteiger partial charge in [0.2, 0.25) is 5.91 Å². The molecular formula is C15H27NO3. The first-order chi connectivity index (χ1) is 8.85. The first kappa shape index (κ1) is 16.0.